The molecule has 0 spiro atoms. The van der Waals surface area contributed by atoms with Gasteiger partial charge in [0.15, 0.2) is 16.5 Å². The van der Waals surface area contributed by atoms with E-state index >= 15 is 0 Å². The Bertz CT molecular complexity index is 360. The minimum absolute atomic E-state index is 0.430. The second-order valence-corrected chi connectivity index (χ2v) is 26.6. The summed E-state index contributed by atoms with van der Waals surface area (Å²) in [6.45, 7) is 24.9. The predicted molar refractivity (Wildman–Crippen MR) is 107 cm³/mol. The van der Waals surface area contributed by atoms with E-state index in [1.807, 2.05) is 0 Å². The molecule has 7 heteroatoms. The fourth-order valence-corrected chi connectivity index (χ4v) is 20.9. The highest BCUT2D eigenvalue weighted by Gasteiger charge is 2.49. The summed E-state index contributed by atoms with van der Waals surface area (Å²) in [4.78, 5) is 0. The Morgan fingerprint density at radius 2 is 1.19 bits per heavy atom. The first-order valence-electron chi connectivity index (χ1n) is 8.40. The van der Waals surface area contributed by atoms with Crippen LogP contribution in [0.2, 0.25) is 58.9 Å². The molecule has 21 heavy (non-hydrogen) atoms. The SMILES string of the molecule is C[Si](C)(C)N=[P+](N1CCCCC1)N([Si](C)(C)C)[Si](C)(C)C. The molecule has 124 valence electrons. The second-order valence-electron chi connectivity index (χ2n) is 9.21. The van der Waals surface area contributed by atoms with Crippen LogP contribution in [0.1, 0.15) is 19.3 Å². The van der Waals surface area contributed by atoms with Gasteiger partial charge in [-0.2, -0.15) is 4.00 Å². The molecule has 1 aliphatic heterocycles. The van der Waals surface area contributed by atoms with Crippen molar-refractivity contribution >= 4 is 32.7 Å². The zero-order valence-corrected chi connectivity index (χ0v) is 19.7. The summed E-state index contributed by atoms with van der Waals surface area (Å²) in [5.74, 6) is 0. The van der Waals surface area contributed by atoms with Gasteiger partial charge in [0, 0.05) is 13.1 Å². The maximum absolute atomic E-state index is 5.49. The first-order valence-corrected chi connectivity index (χ1v) is 19.9. The Hall–Kier alpha value is 0.671. The molecule has 1 heterocycles. The normalized spacial score (nSPS) is 20.2. The zero-order valence-electron chi connectivity index (χ0n) is 15.8. The molecular formula is C14H37N3PSi3+. The third-order valence-electron chi connectivity index (χ3n) is 3.42. The third-order valence-corrected chi connectivity index (χ3v) is 19.0. The molecule has 0 aromatic rings. The number of piperidine rings is 1. The molecule has 1 fully saturated rings. The number of hydrogen-bond acceptors (Lipinski definition) is 1. The van der Waals surface area contributed by atoms with Crippen LogP contribution in [0.25, 0.3) is 0 Å². The topological polar surface area (TPSA) is 18.8 Å². The molecule has 3 nitrogen and oxygen atoms in total. The second kappa shape index (κ2) is 7.05. The average molecular weight is 363 g/mol. The molecule has 0 radical (unpaired) electrons. The number of nitrogens with zero attached hydrogens (tertiary/aromatic N) is 3. The molecule has 1 unspecified atom stereocenters. The van der Waals surface area contributed by atoms with E-state index in [1.165, 1.54) is 32.4 Å². The van der Waals surface area contributed by atoms with Crippen LogP contribution in [0.15, 0.2) is 4.41 Å². The van der Waals surface area contributed by atoms with Gasteiger partial charge in [0.1, 0.15) is 0 Å². The molecule has 0 bridgehead atoms. The molecule has 0 aromatic heterocycles. The minimum atomic E-state index is -1.41. The standard InChI is InChI=1S/C14H37N3PSi3/c1-19(2,3)15-18(16-13-11-10-12-14-16)17(20(4,5)6)21(7,8)9/h10-14H2,1-9H3/q+1. The van der Waals surface area contributed by atoms with Crippen LogP contribution in [0, 0.1) is 0 Å². The Balaban J connectivity index is 3.29. The summed E-state index contributed by atoms with van der Waals surface area (Å²) in [6, 6.07) is 0. The molecule has 1 rings (SSSR count). The van der Waals surface area contributed by atoms with Crippen molar-refractivity contribution < 1.29 is 0 Å². The van der Waals surface area contributed by atoms with Gasteiger partial charge in [-0.15, -0.1) is 4.41 Å². The van der Waals surface area contributed by atoms with Crippen LogP contribution >= 0.6 is 8.01 Å². The van der Waals surface area contributed by atoms with Gasteiger partial charge in [-0.3, -0.25) is 0 Å². The van der Waals surface area contributed by atoms with Gasteiger partial charge >= 0.3 is 8.01 Å². The van der Waals surface area contributed by atoms with E-state index in [2.05, 4.69) is 67.6 Å². The Labute approximate surface area is 137 Å². The van der Waals surface area contributed by atoms with Gasteiger partial charge in [-0.25, -0.2) is 0 Å². The molecule has 0 aromatic carbocycles. The van der Waals surface area contributed by atoms with Crippen LogP contribution in [0.5, 0.6) is 0 Å². The van der Waals surface area contributed by atoms with Crippen molar-refractivity contribution in [3.63, 3.8) is 0 Å². The van der Waals surface area contributed by atoms with Crippen LogP contribution in [-0.4, -0.2) is 46.5 Å². The number of rotatable bonds is 5. The van der Waals surface area contributed by atoms with Crippen molar-refractivity contribution in [1.82, 2.24) is 8.67 Å². The quantitative estimate of drug-likeness (QED) is 0.456. The molecule has 1 atom stereocenters. The summed E-state index contributed by atoms with van der Waals surface area (Å²) in [7, 11) is -4.56. The fourth-order valence-electron chi connectivity index (χ4n) is 3.10. The predicted octanol–water partition coefficient (Wildman–Crippen LogP) is 5.77. The fraction of sp³-hybridized carbons (Fsp3) is 1.00. The maximum Gasteiger partial charge on any atom is 0.372 e. The van der Waals surface area contributed by atoms with Crippen molar-refractivity contribution in [2.45, 2.75) is 78.2 Å². The Kier molecular flexibility index (Phi) is 6.62. The highest BCUT2D eigenvalue weighted by atomic mass is 31.1. The van der Waals surface area contributed by atoms with E-state index in [9.17, 15) is 0 Å². The van der Waals surface area contributed by atoms with Gasteiger partial charge in [0.2, 0.25) is 8.24 Å². The molecule has 1 aliphatic rings. The van der Waals surface area contributed by atoms with Crippen molar-refractivity contribution in [2.75, 3.05) is 13.1 Å². The van der Waals surface area contributed by atoms with Crippen LogP contribution in [0.4, 0.5) is 0 Å². The van der Waals surface area contributed by atoms with Crippen molar-refractivity contribution in [3.05, 3.63) is 0 Å². The molecule has 0 N–H and O–H groups in total. The monoisotopic (exact) mass is 362 g/mol. The van der Waals surface area contributed by atoms with Gasteiger partial charge in [0.05, 0.1) is 0 Å². The lowest BCUT2D eigenvalue weighted by atomic mass is 10.2. The Morgan fingerprint density at radius 1 is 0.762 bits per heavy atom. The smallest absolute Gasteiger partial charge is 0.153 e. The van der Waals surface area contributed by atoms with E-state index in [-0.39, 0.29) is 0 Å². The molecule has 0 amide bonds. The zero-order chi connectivity index (χ0) is 16.5. The lowest BCUT2D eigenvalue weighted by molar-refractivity contribution is 0.366. The van der Waals surface area contributed by atoms with Crippen LogP contribution in [-0.2, 0) is 0 Å². The lowest BCUT2D eigenvalue weighted by Gasteiger charge is -2.38. The lowest BCUT2D eigenvalue weighted by Crippen LogP contribution is -2.56. The van der Waals surface area contributed by atoms with E-state index < -0.39 is 32.7 Å². The van der Waals surface area contributed by atoms with Crippen LogP contribution in [0.3, 0.4) is 0 Å². The summed E-state index contributed by atoms with van der Waals surface area (Å²) in [5, 5.41) is 0. The van der Waals surface area contributed by atoms with E-state index in [1.54, 1.807) is 0 Å². The highest BCUT2D eigenvalue weighted by molar-refractivity contribution is 7.49. The first-order chi connectivity index (χ1) is 9.32. The largest absolute Gasteiger partial charge is 0.372 e. The van der Waals surface area contributed by atoms with Gasteiger partial charge < -0.3 is 0 Å². The van der Waals surface area contributed by atoms with Crippen LogP contribution < -0.4 is 0 Å². The Morgan fingerprint density at radius 3 is 1.52 bits per heavy atom. The van der Waals surface area contributed by atoms with E-state index in [0.717, 1.165) is 0 Å². The molecule has 1 saturated heterocycles. The molecular weight excluding hydrogens is 325 g/mol. The maximum atomic E-state index is 5.49. The van der Waals surface area contributed by atoms with Crippen molar-refractivity contribution in [1.29, 1.82) is 0 Å². The summed E-state index contributed by atoms with van der Waals surface area (Å²) in [6.07, 6.45) is 4.14. The minimum Gasteiger partial charge on any atom is -0.153 e. The summed E-state index contributed by atoms with van der Waals surface area (Å²) < 4.78 is 11.2. The van der Waals surface area contributed by atoms with E-state index in [0.29, 0.717) is 0 Å². The summed E-state index contributed by atoms with van der Waals surface area (Å²) >= 11 is 0. The van der Waals surface area contributed by atoms with Gasteiger partial charge in [-0.05, 0) is 32.5 Å². The highest BCUT2D eigenvalue weighted by Crippen LogP contribution is 2.46. The third kappa shape index (κ3) is 6.36. The summed E-state index contributed by atoms with van der Waals surface area (Å²) in [5.41, 5.74) is 0. The first kappa shape index (κ1) is 19.7. The van der Waals surface area contributed by atoms with Crippen molar-refractivity contribution in [3.8, 4) is 0 Å². The number of hydrogen-bond donors (Lipinski definition) is 0. The van der Waals surface area contributed by atoms with E-state index in [4.69, 9.17) is 4.41 Å². The van der Waals surface area contributed by atoms with Crippen molar-refractivity contribution in [2.24, 2.45) is 4.41 Å². The molecule has 0 aliphatic carbocycles. The molecule has 0 saturated carbocycles. The van der Waals surface area contributed by atoms with Gasteiger partial charge in [0.25, 0.3) is 0 Å². The average Bonchev–Trinajstić information content (AvgIpc) is 2.23. The van der Waals surface area contributed by atoms with Gasteiger partial charge in [-0.1, -0.05) is 50.4 Å².